The van der Waals surface area contributed by atoms with Crippen LogP contribution in [-0.2, 0) is 9.57 Å². The van der Waals surface area contributed by atoms with Crippen molar-refractivity contribution < 1.29 is 9.57 Å². The molecule has 0 saturated carbocycles. The zero-order chi connectivity index (χ0) is 6.81. The molecule has 2 rings (SSSR count). The molecule has 10 heavy (non-hydrogen) atoms. The highest BCUT2D eigenvalue weighted by molar-refractivity contribution is 5.01. The van der Waals surface area contributed by atoms with E-state index in [1.54, 1.807) is 12.5 Å². The summed E-state index contributed by atoms with van der Waals surface area (Å²) in [6.45, 7) is 0.532. The molecule has 0 aliphatic carbocycles. The maximum absolute atomic E-state index is 4.95. The van der Waals surface area contributed by atoms with Crippen molar-refractivity contribution in [2.24, 2.45) is 0 Å². The van der Waals surface area contributed by atoms with Gasteiger partial charge in [-0.15, -0.1) is 0 Å². The summed E-state index contributed by atoms with van der Waals surface area (Å²) in [7, 11) is 0. The molecule has 0 amide bonds. The number of nitrogens with one attached hydrogen (secondary N) is 2. The first-order chi connectivity index (χ1) is 4.97. The van der Waals surface area contributed by atoms with Gasteiger partial charge in [-0.3, -0.25) is 10.3 Å². The lowest BCUT2D eigenvalue weighted by molar-refractivity contribution is 0.133. The van der Waals surface area contributed by atoms with Crippen molar-refractivity contribution >= 4 is 0 Å². The van der Waals surface area contributed by atoms with E-state index >= 15 is 0 Å². The van der Waals surface area contributed by atoms with Crippen molar-refractivity contribution in [3.8, 4) is 0 Å². The quantitative estimate of drug-likeness (QED) is 0.519. The summed E-state index contributed by atoms with van der Waals surface area (Å²) in [5, 5.41) is 0. The molecule has 2 aliphatic rings. The van der Waals surface area contributed by atoms with Crippen LogP contribution >= 0.6 is 0 Å². The zero-order valence-corrected chi connectivity index (χ0v) is 5.20. The van der Waals surface area contributed by atoms with Crippen LogP contribution in [0.15, 0.2) is 24.5 Å². The SMILES string of the molecule is C1=CN(C2=CONN2)CO1. The molecule has 0 bridgehead atoms. The number of hydrogen-bond acceptors (Lipinski definition) is 5. The summed E-state index contributed by atoms with van der Waals surface area (Å²) in [6.07, 6.45) is 5.01. The van der Waals surface area contributed by atoms with Gasteiger partial charge in [-0.1, -0.05) is 5.59 Å². The number of hydrogen-bond donors (Lipinski definition) is 2. The van der Waals surface area contributed by atoms with E-state index in [4.69, 9.17) is 9.57 Å². The fraction of sp³-hybridized carbons (Fsp3) is 0.200. The third-order valence-electron chi connectivity index (χ3n) is 1.27. The van der Waals surface area contributed by atoms with Crippen LogP contribution in [0.25, 0.3) is 0 Å². The maximum atomic E-state index is 4.95. The lowest BCUT2D eigenvalue weighted by Gasteiger charge is -2.11. The van der Waals surface area contributed by atoms with Gasteiger partial charge in [-0.25, -0.2) is 0 Å². The van der Waals surface area contributed by atoms with Gasteiger partial charge in [0.15, 0.2) is 18.8 Å². The predicted molar refractivity (Wildman–Crippen MR) is 32.4 cm³/mol. The first-order valence-corrected chi connectivity index (χ1v) is 2.88. The molecular weight excluding hydrogens is 134 g/mol. The van der Waals surface area contributed by atoms with Gasteiger partial charge in [-0.05, 0) is 0 Å². The van der Waals surface area contributed by atoms with Gasteiger partial charge in [0.2, 0.25) is 0 Å². The minimum absolute atomic E-state index is 0.532. The third-order valence-corrected chi connectivity index (χ3v) is 1.27. The Bertz CT molecular complexity index is 189. The molecule has 2 heterocycles. The number of hydrazine groups is 1. The highest BCUT2D eigenvalue weighted by Gasteiger charge is 2.13. The number of nitrogens with zero attached hydrogens (tertiary/aromatic N) is 1. The second-order valence-corrected chi connectivity index (χ2v) is 1.90. The fourth-order valence-electron chi connectivity index (χ4n) is 0.769. The van der Waals surface area contributed by atoms with E-state index in [0.717, 1.165) is 5.82 Å². The molecule has 0 saturated heterocycles. The van der Waals surface area contributed by atoms with Gasteiger partial charge in [0.25, 0.3) is 0 Å². The lowest BCUT2D eigenvalue weighted by Crippen LogP contribution is -2.30. The fourth-order valence-corrected chi connectivity index (χ4v) is 0.769. The summed E-state index contributed by atoms with van der Waals surface area (Å²) in [5.74, 6) is 0.841. The molecule has 5 heteroatoms. The van der Waals surface area contributed by atoms with Gasteiger partial charge in [0, 0.05) is 6.20 Å². The summed E-state index contributed by atoms with van der Waals surface area (Å²) >= 11 is 0. The monoisotopic (exact) mass is 141 g/mol. The van der Waals surface area contributed by atoms with Crippen LogP contribution in [0.5, 0.6) is 0 Å². The Labute approximate surface area is 57.8 Å². The molecule has 2 N–H and O–H groups in total. The van der Waals surface area contributed by atoms with E-state index < -0.39 is 0 Å². The summed E-state index contributed by atoms with van der Waals surface area (Å²) < 4.78 is 4.95. The Morgan fingerprint density at radius 2 is 2.60 bits per heavy atom. The summed E-state index contributed by atoms with van der Waals surface area (Å²) in [4.78, 5) is 6.58. The van der Waals surface area contributed by atoms with E-state index in [0.29, 0.717) is 6.73 Å². The van der Waals surface area contributed by atoms with Gasteiger partial charge in [-0.2, -0.15) is 0 Å². The molecular formula is C5H7N3O2. The summed E-state index contributed by atoms with van der Waals surface area (Å²) in [6, 6.07) is 0. The van der Waals surface area contributed by atoms with Crippen LogP contribution in [0.3, 0.4) is 0 Å². The topological polar surface area (TPSA) is 45.8 Å². The second kappa shape index (κ2) is 2.11. The predicted octanol–water partition coefficient (Wildman–Crippen LogP) is -0.414. The minimum atomic E-state index is 0.532. The molecule has 54 valence electrons. The van der Waals surface area contributed by atoms with E-state index in [9.17, 15) is 0 Å². The number of rotatable bonds is 1. The van der Waals surface area contributed by atoms with Crippen molar-refractivity contribution in [3.05, 3.63) is 24.5 Å². The Kier molecular flexibility index (Phi) is 1.14. The normalized spacial score (nSPS) is 21.6. The second-order valence-electron chi connectivity index (χ2n) is 1.90. The zero-order valence-electron chi connectivity index (χ0n) is 5.20. The Hall–Kier alpha value is -1.36. The van der Waals surface area contributed by atoms with Crippen LogP contribution in [0, 0.1) is 0 Å². The van der Waals surface area contributed by atoms with Crippen molar-refractivity contribution in [2.45, 2.75) is 0 Å². The van der Waals surface area contributed by atoms with Crippen molar-refractivity contribution in [2.75, 3.05) is 6.73 Å². The highest BCUT2D eigenvalue weighted by Crippen LogP contribution is 2.08. The molecule has 0 fully saturated rings. The van der Waals surface area contributed by atoms with E-state index in [-0.39, 0.29) is 0 Å². The van der Waals surface area contributed by atoms with Crippen LogP contribution in [0.4, 0.5) is 0 Å². The Morgan fingerprint density at radius 3 is 3.20 bits per heavy atom. The first kappa shape index (κ1) is 5.43. The molecule has 0 atom stereocenters. The standard InChI is InChI=1S/C5H7N3O2/c1-2-9-4-8(1)5-3-10-7-6-5/h1-3,6-7H,4H2. The molecule has 0 aromatic rings. The van der Waals surface area contributed by atoms with Gasteiger partial charge >= 0.3 is 0 Å². The molecule has 0 aromatic carbocycles. The van der Waals surface area contributed by atoms with Crippen molar-refractivity contribution in [1.29, 1.82) is 0 Å². The van der Waals surface area contributed by atoms with Crippen LogP contribution in [0.2, 0.25) is 0 Å². The van der Waals surface area contributed by atoms with Gasteiger partial charge in [0.1, 0.15) is 6.26 Å². The molecule has 0 radical (unpaired) electrons. The average molecular weight is 141 g/mol. The minimum Gasteiger partial charge on any atom is -0.479 e. The summed E-state index contributed by atoms with van der Waals surface area (Å²) in [5.41, 5.74) is 5.26. The van der Waals surface area contributed by atoms with Gasteiger partial charge in [0.05, 0.1) is 0 Å². The highest BCUT2D eigenvalue weighted by atomic mass is 16.7. The Morgan fingerprint density at radius 1 is 1.60 bits per heavy atom. The van der Waals surface area contributed by atoms with Crippen LogP contribution in [-0.4, -0.2) is 11.6 Å². The Balaban J connectivity index is 2.04. The van der Waals surface area contributed by atoms with E-state index in [1.165, 1.54) is 0 Å². The third kappa shape index (κ3) is 0.763. The van der Waals surface area contributed by atoms with Gasteiger partial charge < -0.3 is 9.57 Å². The van der Waals surface area contributed by atoms with Crippen molar-refractivity contribution in [3.63, 3.8) is 0 Å². The molecule has 0 spiro atoms. The number of ether oxygens (including phenoxy) is 1. The molecule has 0 unspecified atom stereocenters. The average Bonchev–Trinajstić information content (AvgIpc) is 2.59. The van der Waals surface area contributed by atoms with Crippen LogP contribution < -0.4 is 11.0 Å². The van der Waals surface area contributed by atoms with E-state index in [2.05, 4.69) is 11.0 Å². The largest absolute Gasteiger partial charge is 0.479 e. The van der Waals surface area contributed by atoms with E-state index in [1.807, 2.05) is 11.1 Å². The van der Waals surface area contributed by atoms with Crippen molar-refractivity contribution in [1.82, 2.24) is 15.9 Å². The van der Waals surface area contributed by atoms with Crippen LogP contribution in [0.1, 0.15) is 0 Å². The molecule has 0 aromatic heterocycles. The smallest absolute Gasteiger partial charge is 0.165 e. The first-order valence-electron chi connectivity index (χ1n) is 2.88. The lowest BCUT2D eigenvalue weighted by atomic mass is 10.7. The molecule has 2 aliphatic heterocycles. The maximum Gasteiger partial charge on any atom is 0.165 e. The molecule has 5 nitrogen and oxygen atoms in total.